The molecule has 1 unspecified atom stereocenters. The minimum Gasteiger partial charge on any atom is -0.508 e. The molecule has 3 N–H and O–H groups in total. The van der Waals surface area contributed by atoms with E-state index in [2.05, 4.69) is 0 Å². The van der Waals surface area contributed by atoms with Gasteiger partial charge in [0.1, 0.15) is 12.0 Å². The van der Waals surface area contributed by atoms with Gasteiger partial charge in [0.2, 0.25) is 0 Å². The van der Waals surface area contributed by atoms with Gasteiger partial charge in [0.25, 0.3) is 0 Å². The maximum atomic E-state index is 10.5. The van der Waals surface area contributed by atoms with Gasteiger partial charge < -0.3 is 15.3 Å². The van der Waals surface area contributed by atoms with Crippen LogP contribution in [0.3, 0.4) is 0 Å². The first-order valence-electron chi connectivity index (χ1n) is 4.42. The van der Waals surface area contributed by atoms with Crippen LogP contribution in [0, 0.1) is 0 Å². The summed E-state index contributed by atoms with van der Waals surface area (Å²) in [5.41, 5.74) is 0.758. The van der Waals surface area contributed by atoms with Gasteiger partial charge in [-0.1, -0.05) is 12.1 Å². The number of carboxylic acid groups (broad SMARTS) is 1. The summed E-state index contributed by atoms with van der Waals surface area (Å²) in [5, 5.41) is 27.1. The van der Waals surface area contributed by atoms with E-state index in [1.807, 2.05) is 0 Å². The van der Waals surface area contributed by atoms with Crippen molar-refractivity contribution in [3.63, 3.8) is 0 Å². The Kier molecular flexibility index (Phi) is 3.51. The Bertz CT molecular complexity index is 336. The predicted octanol–water partition coefficient (Wildman–Crippen LogP) is 0.863. The van der Waals surface area contributed by atoms with Crippen LogP contribution in [-0.2, 0) is 6.42 Å². The molecule has 0 radical (unpaired) electrons. The van der Waals surface area contributed by atoms with E-state index in [0.717, 1.165) is 10.5 Å². The Morgan fingerprint density at radius 3 is 2.40 bits per heavy atom. The number of phenols is 1. The summed E-state index contributed by atoms with van der Waals surface area (Å²) in [5.74, 6) is 0.139. The first-order chi connectivity index (χ1) is 7.00. The molecule has 0 aromatic heterocycles. The fourth-order valence-electron chi connectivity index (χ4n) is 1.11. The molecule has 1 aromatic rings. The summed E-state index contributed by atoms with van der Waals surface area (Å²) in [4.78, 5) is 11.3. The number of carbonyl (C=O) groups is 1. The largest absolute Gasteiger partial charge is 0.508 e. The molecule has 0 aliphatic heterocycles. The first kappa shape index (κ1) is 11.3. The molecule has 0 heterocycles. The lowest BCUT2D eigenvalue weighted by molar-refractivity contribution is 0.0282. The van der Waals surface area contributed by atoms with Gasteiger partial charge in [0, 0.05) is 13.5 Å². The molecule has 5 heteroatoms. The number of rotatable bonds is 3. The fraction of sp³-hybridized carbons (Fsp3) is 0.300. The van der Waals surface area contributed by atoms with Gasteiger partial charge in [0.05, 0.1) is 0 Å². The summed E-state index contributed by atoms with van der Waals surface area (Å²) in [6.07, 6.45) is -2.06. The number of aliphatic hydroxyl groups excluding tert-OH is 1. The van der Waals surface area contributed by atoms with Crippen LogP contribution in [0.1, 0.15) is 5.56 Å². The molecule has 0 aliphatic carbocycles. The van der Waals surface area contributed by atoms with Crippen molar-refractivity contribution >= 4 is 6.09 Å². The lowest BCUT2D eigenvalue weighted by Crippen LogP contribution is -2.37. The van der Waals surface area contributed by atoms with Crippen LogP contribution in [0.5, 0.6) is 5.75 Å². The third-order valence-corrected chi connectivity index (χ3v) is 2.10. The molecule has 0 spiro atoms. The highest BCUT2D eigenvalue weighted by atomic mass is 16.4. The second kappa shape index (κ2) is 4.65. The van der Waals surface area contributed by atoms with Crippen LogP contribution in [0.4, 0.5) is 4.79 Å². The Morgan fingerprint density at radius 1 is 1.40 bits per heavy atom. The van der Waals surface area contributed by atoms with E-state index in [4.69, 9.17) is 10.2 Å². The molecular formula is C10H13NO4. The van der Waals surface area contributed by atoms with Gasteiger partial charge in [-0.3, -0.25) is 4.90 Å². The zero-order chi connectivity index (χ0) is 11.4. The van der Waals surface area contributed by atoms with E-state index in [0.29, 0.717) is 0 Å². The van der Waals surface area contributed by atoms with Gasteiger partial charge in [-0.15, -0.1) is 0 Å². The molecular weight excluding hydrogens is 198 g/mol. The van der Waals surface area contributed by atoms with Crippen LogP contribution >= 0.6 is 0 Å². The third-order valence-electron chi connectivity index (χ3n) is 2.10. The van der Waals surface area contributed by atoms with Crippen molar-refractivity contribution in [1.82, 2.24) is 4.90 Å². The van der Waals surface area contributed by atoms with E-state index in [-0.39, 0.29) is 12.2 Å². The Morgan fingerprint density at radius 2 is 1.93 bits per heavy atom. The fourth-order valence-corrected chi connectivity index (χ4v) is 1.11. The molecule has 0 bridgehead atoms. The summed E-state index contributed by atoms with van der Waals surface area (Å²) in [6.45, 7) is 0. The van der Waals surface area contributed by atoms with Gasteiger partial charge in [-0.2, -0.15) is 0 Å². The number of hydrogen-bond donors (Lipinski definition) is 3. The van der Waals surface area contributed by atoms with Crippen molar-refractivity contribution in [1.29, 1.82) is 0 Å². The van der Waals surface area contributed by atoms with E-state index in [9.17, 15) is 9.90 Å². The lowest BCUT2D eigenvalue weighted by atomic mass is 10.1. The van der Waals surface area contributed by atoms with Crippen molar-refractivity contribution in [2.45, 2.75) is 12.6 Å². The predicted molar refractivity (Wildman–Crippen MR) is 53.6 cm³/mol. The normalized spacial score (nSPS) is 12.1. The molecule has 82 valence electrons. The number of hydrogen-bond acceptors (Lipinski definition) is 3. The summed E-state index contributed by atoms with van der Waals surface area (Å²) >= 11 is 0. The van der Waals surface area contributed by atoms with Crippen molar-refractivity contribution < 1.29 is 20.1 Å². The van der Waals surface area contributed by atoms with Crippen molar-refractivity contribution in [3.05, 3.63) is 29.8 Å². The molecule has 1 atom stereocenters. The van der Waals surface area contributed by atoms with Crippen LogP contribution in [0.15, 0.2) is 24.3 Å². The van der Waals surface area contributed by atoms with Gasteiger partial charge in [-0.05, 0) is 17.7 Å². The average Bonchev–Trinajstić information content (AvgIpc) is 2.20. The Balaban J connectivity index is 2.62. The number of aromatic hydroxyl groups is 1. The number of likely N-dealkylation sites (N-methyl/N-ethyl adjacent to an activating group) is 1. The summed E-state index contributed by atoms with van der Waals surface area (Å²) in [6, 6.07) is 6.24. The zero-order valence-corrected chi connectivity index (χ0v) is 8.29. The number of amides is 1. The molecule has 1 aromatic carbocycles. The first-order valence-corrected chi connectivity index (χ1v) is 4.42. The van der Waals surface area contributed by atoms with Gasteiger partial charge in [-0.25, -0.2) is 4.79 Å². The van der Waals surface area contributed by atoms with Crippen molar-refractivity contribution in [3.8, 4) is 5.75 Å². The summed E-state index contributed by atoms with van der Waals surface area (Å²) < 4.78 is 0. The monoisotopic (exact) mass is 211 g/mol. The van der Waals surface area contributed by atoms with Crippen LogP contribution in [0.2, 0.25) is 0 Å². The quantitative estimate of drug-likeness (QED) is 0.648. The molecule has 0 saturated carbocycles. The number of benzene rings is 1. The number of phenolic OH excluding ortho intramolecular Hbond substituents is 1. The Labute approximate surface area is 87.2 Å². The second-order valence-corrected chi connectivity index (χ2v) is 3.24. The minimum atomic E-state index is -1.18. The molecule has 0 fully saturated rings. The smallest absolute Gasteiger partial charge is 0.409 e. The lowest BCUT2D eigenvalue weighted by Gasteiger charge is -2.20. The highest BCUT2D eigenvalue weighted by Crippen LogP contribution is 2.12. The highest BCUT2D eigenvalue weighted by Gasteiger charge is 2.16. The Hall–Kier alpha value is -1.75. The third kappa shape index (κ3) is 3.14. The van der Waals surface area contributed by atoms with Gasteiger partial charge in [0.15, 0.2) is 0 Å². The SMILES string of the molecule is CN(C(=O)O)C(O)Cc1ccc(O)cc1. The zero-order valence-electron chi connectivity index (χ0n) is 8.29. The van der Waals surface area contributed by atoms with Crippen molar-refractivity contribution in [2.24, 2.45) is 0 Å². The molecule has 5 nitrogen and oxygen atoms in total. The topological polar surface area (TPSA) is 81.0 Å². The van der Waals surface area contributed by atoms with E-state index >= 15 is 0 Å². The van der Waals surface area contributed by atoms with Crippen LogP contribution < -0.4 is 0 Å². The maximum Gasteiger partial charge on any atom is 0.409 e. The molecule has 15 heavy (non-hydrogen) atoms. The standard InChI is InChI=1S/C10H13NO4/c1-11(10(14)15)9(13)6-7-2-4-8(12)5-3-7/h2-5,9,12-13H,6H2,1H3,(H,14,15). The van der Waals surface area contributed by atoms with E-state index in [1.54, 1.807) is 12.1 Å². The average molecular weight is 211 g/mol. The van der Waals surface area contributed by atoms with E-state index in [1.165, 1.54) is 19.2 Å². The number of aliphatic hydroxyl groups is 1. The van der Waals surface area contributed by atoms with Crippen LogP contribution in [0.25, 0.3) is 0 Å². The second-order valence-electron chi connectivity index (χ2n) is 3.24. The maximum absolute atomic E-state index is 10.5. The highest BCUT2D eigenvalue weighted by molar-refractivity contribution is 5.64. The molecule has 1 rings (SSSR count). The molecule has 0 saturated heterocycles. The van der Waals surface area contributed by atoms with Gasteiger partial charge >= 0.3 is 6.09 Å². The molecule has 0 aliphatic rings. The van der Waals surface area contributed by atoms with Crippen molar-refractivity contribution in [2.75, 3.05) is 7.05 Å². The number of nitrogens with zero attached hydrogens (tertiary/aromatic N) is 1. The minimum absolute atomic E-state index is 0.139. The molecule has 1 amide bonds. The van der Waals surface area contributed by atoms with Crippen LogP contribution in [-0.4, -0.2) is 39.6 Å². The summed E-state index contributed by atoms with van der Waals surface area (Å²) in [7, 11) is 1.30. The van der Waals surface area contributed by atoms with E-state index < -0.39 is 12.3 Å².